The van der Waals surface area contributed by atoms with Gasteiger partial charge in [-0.1, -0.05) is 65.8 Å². The summed E-state index contributed by atoms with van der Waals surface area (Å²) in [5.74, 6) is 2.14. The van der Waals surface area contributed by atoms with Crippen molar-refractivity contribution >= 4 is 23.4 Å². The summed E-state index contributed by atoms with van der Waals surface area (Å²) in [4.78, 5) is 4.51. The fourth-order valence-corrected chi connectivity index (χ4v) is 4.07. The van der Waals surface area contributed by atoms with Gasteiger partial charge in [-0.05, 0) is 43.2 Å². The van der Waals surface area contributed by atoms with Crippen LogP contribution in [-0.4, -0.2) is 24.9 Å². The predicted octanol–water partition coefficient (Wildman–Crippen LogP) is 5.84. The van der Waals surface area contributed by atoms with E-state index in [-0.39, 0.29) is 5.25 Å². The van der Waals surface area contributed by atoms with Crippen molar-refractivity contribution in [3.8, 4) is 11.4 Å². The van der Waals surface area contributed by atoms with Crippen molar-refractivity contribution in [2.75, 3.05) is 0 Å². The zero-order chi connectivity index (χ0) is 20.9. The fraction of sp³-hybridized carbons (Fsp3) is 0.273. The summed E-state index contributed by atoms with van der Waals surface area (Å²) in [6.45, 7) is 4.79. The molecule has 1 unspecified atom stereocenters. The molecule has 8 heteroatoms. The van der Waals surface area contributed by atoms with Crippen molar-refractivity contribution in [3.63, 3.8) is 0 Å². The van der Waals surface area contributed by atoms with Gasteiger partial charge in [-0.25, -0.2) is 0 Å². The number of aryl methyl sites for hydroxylation is 1. The van der Waals surface area contributed by atoms with Crippen LogP contribution in [0.25, 0.3) is 11.4 Å². The molecule has 4 aromatic rings. The van der Waals surface area contributed by atoms with E-state index in [9.17, 15) is 0 Å². The molecule has 2 heterocycles. The molecule has 0 aliphatic heterocycles. The Labute approximate surface area is 184 Å². The molecule has 0 bridgehead atoms. The molecule has 1 atom stereocenters. The van der Waals surface area contributed by atoms with Gasteiger partial charge in [-0.15, -0.1) is 10.2 Å². The molecule has 0 radical (unpaired) electrons. The molecule has 0 saturated carbocycles. The van der Waals surface area contributed by atoms with Gasteiger partial charge in [0.2, 0.25) is 5.89 Å². The summed E-state index contributed by atoms with van der Waals surface area (Å²) in [5.41, 5.74) is 2.13. The summed E-state index contributed by atoms with van der Waals surface area (Å²) >= 11 is 7.62. The van der Waals surface area contributed by atoms with E-state index in [0.717, 1.165) is 35.2 Å². The van der Waals surface area contributed by atoms with Gasteiger partial charge in [-0.3, -0.25) is 4.57 Å². The molecule has 0 fully saturated rings. The molecule has 2 aromatic carbocycles. The number of aromatic nitrogens is 5. The quantitative estimate of drug-likeness (QED) is 0.321. The van der Waals surface area contributed by atoms with Crippen LogP contribution in [0.1, 0.15) is 42.8 Å². The van der Waals surface area contributed by atoms with Gasteiger partial charge >= 0.3 is 0 Å². The van der Waals surface area contributed by atoms with Gasteiger partial charge in [0.1, 0.15) is 0 Å². The first-order chi connectivity index (χ1) is 14.6. The Hall–Kier alpha value is -2.64. The Balaban J connectivity index is 1.65. The largest absolute Gasteiger partial charge is 0.338 e. The van der Waals surface area contributed by atoms with Crippen LogP contribution in [-0.2, 0) is 13.0 Å². The van der Waals surface area contributed by atoms with Gasteiger partial charge in [0.15, 0.2) is 16.8 Å². The Morgan fingerprint density at radius 2 is 1.83 bits per heavy atom. The third-order valence-electron chi connectivity index (χ3n) is 4.59. The molecule has 30 heavy (non-hydrogen) atoms. The summed E-state index contributed by atoms with van der Waals surface area (Å²) < 4.78 is 7.57. The molecular weight excluding hydrogens is 418 g/mol. The van der Waals surface area contributed by atoms with E-state index in [2.05, 4.69) is 44.0 Å². The van der Waals surface area contributed by atoms with Crippen LogP contribution in [0.3, 0.4) is 0 Å². The average Bonchev–Trinajstić information content (AvgIpc) is 3.38. The van der Waals surface area contributed by atoms with E-state index in [1.807, 2.05) is 49.4 Å². The highest BCUT2D eigenvalue weighted by atomic mass is 35.5. The molecule has 0 aliphatic rings. The maximum atomic E-state index is 6.06. The van der Waals surface area contributed by atoms with Gasteiger partial charge in [0.05, 0.1) is 11.8 Å². The van der Waals surface area contributed by atoms with E-state index in [4.69, 9.17) is 16.1 Å². The fourth-order valence-electron chi connectivity index (χ4n) is 3.06. The standard InChI is InChI=1S/C22H22ClN5OS/c1-3-7-19-24-21(29-27-19)15(2)30-22-26-25-20(17-10-12-18(23)13-11-17)28(22)14-16-8-5-4-6-9-16/h4-6,8-13,15H,3,7,14H2,1-2H3. The van der Waals surface area contributed by atoms with Crippen LogP contribution in [0.5, 0.6) is 0 Å². The van der Waals surface area contributed by atoms with Crippen molar-refractivity contribution in [3.05, 3.63) is 76.9 Å². The van der Waals surface area contributed by atoms with Crippen molar-refractivity contribution in [2.45, 2.75) is 43.6 Å². The second-order valence-corrected chi connectivity index (χ2v) is 8.69. The maximum Gasteiger partial charge on any atom is 0.239 e. The Bertz CT molecular complexity index is 1090. The predicted molar refractivity (Wildman–Crippen MR) is 119 cm³/mol. The highest BCUT2D eigenvalue weighted by Gasteiger charge is 2.21. The van der Waals surface area contributed by atoms with E-state index in [0.29, 0.717) is 17.5 Å². The molecular formula is C22H22ClN5OS. The number of hydrogen-bond acceptors (Lipinski definition) is 6. The summed E-state index contributed by atoms with van der Waals surface area (Å²) in [7, 11) is 0. The second-order valence-electron chi connectivity index (χ2n) is 6.94. The Morgan fingerprint density at radius 3 is 2.57 bits per heavy atom. The number of rotatable bonds is 8. The zero-order valence-corrected chi connectivity index (χ0v) is 18.4. The van der Waals surface area contributed by atoms with E-state index >= 15 is 0 Å². The van der Waals surface area contributed by atoms with Crippen molar-refractivity contribution in [1.29, 1.82) is 0 Å². The third-order valence-corrected chi connectivity index (χ3v) is 5.91. The van der Waals surface area contributed by atoms with Crippen molar-refractivity contribution < 1.29 is 4.52 Å². The molecule has 4 rings (SSSR count). The molecule has 2 aromatic heterocycles. The first-order valence-electron chi connectivity index (χ1n) is 9.86. The molecule has 0 amide bonds. The monoisotopic (exact) mass is 439 g/mol. The number of halogens is 1. The van der Waals surface area contributed by atoms with Crippen LogP contribution >= 0.6 is 23.4 Å². The van der Waals surface area contributed by atoms with Gasteiger partial charge < -0.3 is 4.52 Å². The molecule has 0 aliphatic carbocycles. The van der Waals surface area contributed by atoms with Crippen LogP contribution in [0, 0.1) is 0 Å². The second kappa shape index (κ2) is 9.45. The van der Waals surface area contributed by atoms with Crippen LogP contribution in [0.2, 0.25) is 5.02 Å². The highest BCUT2D eigenvalue weighted by Crippen LogP contribution is 2.35. The SMILES string of the molecule is CCCc1noc(C(C)Sc2nnc(-c3ccc(Cl)cc3)n2Cc2ccccc2)n1. The van der Waals surface area contributed by atoms with Gasteiger partial charge in [0.25, 0.3) is 0 Å². The van der Waals surface area contributed by atoms with Crippen molar-refractivity contribution in [2.24, 2.45) is 0 Å². The average molecular weight is 440 g/mol. The van der Waals surface area contributed by atoms with Crippen LogP contribution in [0.4, 0.5) is 0 Å². The molecule has 154 valence electrons. The minimum Gasteiger partial charge on any atom is -0.338 e. The highest BCUT2D eigenvalue weighted by molar-refractivity contribution is 7.99. The molecule has 0 N–H and O–H groups in total. The van der Waals surface area contributed by atoms with E-state index < -0.39 is 0 Å². The lowest BCUT2D eigenvalue weighted by Crippen LogP contribution is -2.05. The zero-order valence-electron chi connectivity index (χ0n) is 16.8. The molecule has 0 saturated heterocycles. The number of thioether (sulfide) groups is 1. The lowest BCUT2D eigenvalue weighted by Gasteiger charge is -2.12. The summed E-state index contributed by atoms with van der Waals surface area (Å²) in [6.07, 6.45) is 1.79. The topological polar surface area (TPSA) is 69.6 Å². The first kappa shape index (κ1) is 20.6. The number of nitrogens with zero attached hydrogens (tertiary/aromatic N) is 5. The Kier molecular flexibility index (Phi) is 6.50. The minimum atomic E-state index is -0.0418. The first-order valence-corrected chi connectivity index (χ1v) is 11.1. The van der Waals surface area contributed by atoms with Crippen LogP contribution in [0.15, 0.2) is 64.3 Å². The van der Waals surface area contributed by atoms with E-state index in [1.165, 1.54) is 5.56 Å². The minimum absolute atomic E-state index is 0.0418. The van der Waals surface area contributed by atoms with Crippen LogP contribution < -0.4 is 0 Å². The number of hydrogen-bond donors (Lipinski definition) is 0. The number of benzene rings is 2. The van der Waals surface area contributed by atoms with Gasteiger partial charge in [0, 0.05) is 17.0 Å². The third kappa shape index (κ3) is 4.74. The lowest BCUT2D eigenvalue weighted by atomic mass is 10.2. The summed E-state index contributed by atoms with van der Waals surface area (Å²) in [6, 6.07) is 17.9. The Morgan fingerprint density at radius 1 is 1.07 bits per heavy atom. The van der Waals surface area contributed by atoms with E-state index in [1.54, 1.807) is 11.8 Å². The van der Waals surface area contributed by atoms with Gasteiger partial charge in [-0.2, -0.15) is 4.98 Å². The molecule has 6 nitrogen and oxygen atoms in total. The summed E-state index contributed by atoms with van der Waals surface area (Å²) in [5, 5.41) is 14.5. The maximum absolute atomic E-state index is 6.06. The molecule has 0 spiro atoms. The normalized spacial score (nSPS) is 12.2. The lowest BCUT2D eigenvalue weighted by molar-refractivity contribution is 0.374. The van der Waals surface area contributed by atoms with Crippen molar-refractivity contribution in [1.82, 2.24) is 24.9 Å². The smallest absolute Gasteiger partial charge is 0.239 e.